The van der Waals surface area contributed by atoms with E-state index in [1.165, 1.54) is 30.5 Å². The Labute approximate surface area is 248 Å². The fraction of sp³-hybridized carbons (Fsp3) is 0.233. The Hall–Kier alpha value is -4.62. The van der Waals surface area contributed by atoms with Crippen LogP contribution in [0.3, 0.4) is 0 Å². The number of nitrogens with zero attached hydrogens (tertiary/aromatic N) is 3. The summed E-state index contributed by atoms with van der Waals surface area (Å²) in [7, 11) is -0.619. The lowest BCUT2D eigenvalue weighted by atomic mass is 10.1. The molecule has 13 heteroatoms. The monoisotopic (exact) mass is 612 g/mol. The molecule has 0 aliphatic heterocycles. The molecule has 2 aromatic carbocycles. The zero-order valence-corrected chi connectivity index (χ0v) is 24.5. The van der Waals surface area contributed by atoms with Crippen LogP contribution in [0.5, 0.6) is 23.1 Å². The lowest BCUT2D eigenvalue weighted by Crippen LogP contribution is -2.31. The van der Waals surface area contributed by atoms with Crippen molar-refractivity contribution in [2.24, 2.45) is 0 Å². The van der Waals surface area contributed by atoms with E-state index < -0.39 is 45.0 Å². The van der Waals surface area contributed by atoms with Crippen LogP contribution in [0.25, 0.3) is 0 Å². The van der Waals surface area contributed by atoms with E-state index in [0.29, 0.717) is 42.6 Å². The molecule has 226 valence electrons. The summed E-state index contributed by atoms with van der Waals surface area (Å²) in [4.78, 5) is 22.7. The van der Waals surface area contributed by atoms with Crippen molar-refractivity contribution in [2.75, 3.05) is 27.2 Å². The van der Waals surface area contributed by atoms with Crippen molar-refractivity contribution in [1.82, 2.24) is 19.6 Å². The fourth-order valence-electron chi connectivity index (χ4n) is 3.80. The van der Waals surface area contributed by atoms with Crippen molar-refractivity contribution in [3.63, 3.8) is 0 Å². The molecule has 2 heterocycles. The minimum Gasteiger partial charge on any atom is -0.492 e. The second-order valence-electron chi connectivity index (χ2n) is 9.50. The van der Waals surface area contributed by atoms with Crippen LogP contribution in [0.1, 0.15) is 35.5 Å². The highest BCUT2D eigenvalue weighted by Crippen LogP contribution is 2.31. The molecule has 1 atom stereocenters. The molecule has 4 rings (SSSR count). The smallest absolute Gasteiger partial charge is 0.268 e. The van der Waals surface area contributed by atoms with Crippen LogP contribution in [-0.4, -0.2) is 56.4 Å². The Morgan fingerprint density at radius 1 is 0.953 bits per heavy atom. The zero-order chi connectivity index (χ0) is 31.0. The van der Waals surface area contributed by atoms with Gasteiger partial charge in [-0.25, -0.2) is 22.5 Å². The maximum atomic E-state index is 15.1. The molecular weight excluding hydrogens is 582 g/mol. The van der Waals surface area contributed by atoms with Gasteiger partial charge in [-0.3, -0.25) is 9.78 Å². The number of halogens is 2. The van der Waals surface area contributed by atoms with Gasteiger partial charge in [0.05, 0.1) is 16.2 Å². The molecule has 0 unspecified atom stereocenters. The summed E-state index contributed by atoms with van der Waals surface area (Å²) >= 11 is 0. The predicted molar refractivity (Wildman–Crippen MR) is 154 cm³/mol. The third kappa shape index (κ3) is 8.23. The number of amides is 1. The van der Waals surface area contributed by atoms with Crippen molar-refractivity contribution in [2.45, 2.75) is 24.3 Å². The van der Waals surface area contributed by atoms with E-state index in [9.17, 15) is 13.2 Å². The van der Waals surface area contributed by atoms with E-state index in [0.717, 1.165) is 12.1 Å². The highest BCUT2D eigenvalue weighted by molar-refractivity contribution is 7.90. The average Bonchev–Trinajstić information content (AvgIpc) is 2.98. The summed E-state index contributed by atoms with van der Waals surface area (Å²) < 4.78 is 74.2. The number of hydrogen-bond acceptors (Lipinski definition) is 9. The molecule has 0 saturated carbocycles. The summed E-state index contributed by atoms with van der Waals surface area (Å²) in [5.74, 6) is -3.64. The quantitative estimate of drug-likeness (QED) is 0.219. The van der Waals surface area contributed by atoms with Crippen LogP contribution in [-0.2, 0) is 10.0 Å². The molecule has 0 aliphatic rings. The number of hydrogen-bond donors (Lipinski definition) is 1. The van der Waals surface area contributed by atoms with E-state index in [-0.39, 0.29) is 4.90 Å². The first-order valence-electron chi connectivity index (χ1n) is 13.2. The predicted octanol–water partition coefficient (Wildman–Crippen LogP) is 5.14. The van der Waals surface area contributed by atoms with E-state index in [2.05, 4.69) is 9.97 Å². The van der Waals surface area contributed by atoms with Gasteiger partial charge in [-0.1, -0.05) is 13.0 Å². The lowest BCUT2D eigenvalue weighted by Gasteiger charge is -2.19. The molecule has 0 aliphatic carbocycles. The van der Waals surface area contributed by atoms with Crippen molar-refractivity contribution in [1.29, 1.82) is 0 Å². The van der Waals surface area contributed by atoms with Crippen molar-refractivity contribution in [3.05, 3.63) is 102 Å². The summed E-state index contributed by atoms with van der Waals surface area (Å²) in [6.07, 6.45) is 2.60. The molecule has 1 amide bonds. The molecule has 0 spiro atoms. The van der Waals surface area contributed by atoms with Crippen molar-refractivity contribution >= 4 is 15.9 Å². The van der Waals surface area contributed by atoms with Crippen molar-refractivity contribution in [3.8, 4) is 23.1 Å². The summed E-state index contributed by atoms with van der Waals surface area (Å²) in [6, 6.07) is 15.7. The standard InChI is InChI=1S/C30H30F2N4O6S/c1-4-25(24-19-21(14-16-33-24)41-27-7-5-6-15-34-27)42-26-13-12-23(28(31)29(26)32)30(37)35-43(38,39)22-10-8-20(9-11-22)40-18-17-36(2)3/h5-16,19,25H,4,17-18H2,1-3H3,(H,35,37)/t25-/m1/s1. The van der Waals surface area contributed by atoms with E-state index in [1.807, 2.05) is 19.0 Å². The fourth-order valence-corrected chi connectivity index (χ4v) is 4.76. The third-order valence-corrected chi connectivity index (χ3v) is 7.39. The Bertz CT molecular complexity index is 1660. The van der Waals surface area contributed by atoms with Gasteiger partial charge in [-0.2, -0.15) is 4.39 Å². The molecule has 0 radical (unpaired) electrons. The molecule has 10 nitrogen and oxygen atoms in total. The van der Waals surface area contributed by atoms with Crippen LogP contribution in [0.2, 0.25) is 0 Å². The molecule has 43 heavy (non-hydrogen) atoms. The molecule has 2 aromatic heterocycles. The first-order chi connectivity index (χ1) is 20.6. The van der Waals surface area contributed by atoms with Gasteiger partial charge in [0.2, 0.25) is 11.7 Å². The Balaban J connectivity index is 1.45. The Morgan fingerprint density at radius 2 is 1.72 bits per heavy atom. The molecule has 4 aromatic rings. The average molecular weight is 613 g/mol. The van der Waals surface area contributed by atoms with Gasteiger partial charge in [0.15, 0.2) is 11.6 Å². The van der Waals surface area contributed by atoms with E-state index >= 15 is 8.78 Å². The van der Waals surface area contributed by atoms with Gasteiger partial charge in [0.25, 0.3) is 15.9 Å². The second kappa shape index (κ2) is 14.0. The minimum atomic E-state index is -4.39. The largest absolute Gasteiger partial charge is 0.492 e. The maximum absolute atomic E-state index is 15.1. The molecule has 1 N–H and O–H groups in total. The van der Waals surface area contributed by atoms with Gasteiger partial charge >= 0.3 is 0 Å². The van der Waals surface area contributed by atoms with Crippen LogP contribution >= 0.6 is 0 Å². The number of pyridine rings is 2. The number of ether oxygens (including phenoxy) is 3. The third-order valence-electron chi connectivity index (χ3n) is 6.04. The number of carbonyl (C=O) groups is 1. The highest BCUT2D eigenvalue weighted by Gasteiger charge is 2.26. The van der Waals surface area contributed by atoms with Crippen LogP contribution in [0.4, 0.5) is 8.78 Å². The molecular formula is C30H30F2N4O6S. The van der Waals surface area contributed by atoms with Gasteiger partial charge in [0, 0.05) is 31.1 Å². The van der Waals surface area contributed by atoms with E-state index in [4.69, 9.17) is 14.2 Å². The maximum Gasteiger partial charge on any atom is 0.268 e. The zero-order valence-electron chi connectivity index (χ0n) is 23.7. The summed E-state index contributed by atoms with van der Waals surface area (Å²) in [5, 5.41) is 0. The lowest BCUT2D eigenvalue weighted by molar-refractivity contribution is 0.0976. The number of likely N-dealkylation sites (N-methyl/N-ethyl adjacent to an activating group) is 1. The van der Waals surface area contributed by atoms with Crippen LogP contribution < -0.4 is 18.9 Å². The van der Waals surface area contributed by atoms with Crippen molar-refractivity contribution < 1.29 is 36.2 Å². The molecule has 0 bridgehead atoms. The first kappa shape index (κ1) is 31.3. The van der Waals surface area contributed by atoms with Gasteiger partial charge in [0.1, 0.15) is 24.2 Å². The molecule has 0 fully saturated rings. The minimum absolute atomic E-state index is 0.255. The SMILES string of the molecule is CC[C@@H](Oc1ccc(C(=O)NS(=O)(=O)c2ccc(OCCN(C)C)cc2)c(F)c1F)c1cc(Oc2ccccn2)ccn1. The Morgan fingerprint density at radius 3 is 2.40 bits per heavy atom. The van der Waals surface area contributed by atoms with E-state index in [1.54, 1.807) is 48.2 Å². The van der Waals surface area contributed by atoms with Gasteiger partial charge in [-0.05, 0) is 69.0 Å². The first-order valence-corrected chi connectivity index (χ1v) is 14.7. The second-order valence-corrected chi connectivity index (χ2v) is 11.2. The number of carbonyl (C=O) groups excluding carboxylic acids is 1. The summed E-state index contributed by atoms with van der Waals surface area (Å²) in [6.45, 7) is 2.82. The summed E-state index contributed by atoms with van der Waals surface area (Å²) in [5.41, 5.74) is -0.424. The van der Waals surface area contributed by atoms with Gasteiger partial charge in [-0.15, -0.1) is 0 Å². The number of sulfonamides is 1. The number of aromatic nitrogens is 2. The van der Waals surface area contributed by atoms with Gasteiger partial charge < -0.3 is 19.1 Å². The van der Waals surface area contributed by atoms with Crippen LogP contribution in [0.15, 0.2) is 84.0 Å². The molecule has 0 saturated heterocycles. The normalized spacial score (nSPS) is 12.0. The Kier molecular flexibility index (Phi) is 10.2. The number of nitrogens with one attached hydrogen (secondary N) is 1. The topological polar surface area (TPSA) is 120 Å². The number of benzene rings is 2. The van der Waals surface area contributed by atoms with Crippen LogP contribution in [0, 0.1) is 11.6 Å². The highest BCUT2D eigenvalue weighted by atomic mass is 32.2. The number of rotatable bonds is 13.